The normalized spacial score (nSPS) is 11.9. The molecule has 0 fully saturated rings. The lowest BCUT2D eigenvalue weighted by molar-refractivity contribution is 0.197. The topological polar surface area (TPSA) is 82.8 Å². The Balaban J connectivity index is 1.80. The molecule has 6 heteroatoms. The zero-order valence-electron chi connectivity index (χ0n) is 14.6. The minimum atomic E-state index is -0.411. The van der Waals surface area contributed by atoms with Crippen molar-refractivity contribution in [3.63, 3.8) is 0 Å². The first-order chi connectivity index (χ1) is 12.5. The van der Waals surface area contributed by atoms with Gasteiger partial charge in [-0.3, -0.25) is 0 Å². The molecule has 0 saturated carbocycles. The average Bonchev–Trinajstić information content (AvgIpc) is 2.62. The monoisotopic (exact) mass is 352 g/mol. The number of rotatable bonds is 4. The van der Waals surface area contributed by atoms with Gasteiger partial charge in [0.1, 0.15) is 11.3 Å². The van der Waals surface area contributed by atoms with Crippen LogP contribution in [0.25, 0.3) is 11.0 Å². The lowest BCUT2D eigenvalue weighted by Gasteiger charge is -2.28. The third-order valence-corrected chi connectivity index (χ3v) is 4.29. The highest BCUT2D eigenvalue weighted by atomic mass is 16.4. The molecule has 2 amide bonds. The van der Waals surface area contributed by atoms with Crippen molar-refractivity contribution in [2.45, 2.75) is 19.9 Å². The molecule has 0 saturated heterocycles. The van der Waals surface area contributed by atoms with Crippen molar-refractivity contribution >= 4 is 22.7 Å². The largest absolute Gasteiger partial charge is 0.508 e. The number of hydrogen-bond acceptors (Lipinski definition) is 4. The van der Waals surface area contributed by atoms with E-state index in [4.69, 9.17) is 4.42 Å². The maximum atomic E-state index is 12.7. The van der Waals surface area contributed by atoms with Crippen LogP contribution < -0.4 is 10.9 Å². The molecule has 26 heavy (non-hydrogen) atoms. The minimum absolute atomic E-state index is 0.168. The maximum absolute atomic E-state index is 12.7. The number of carbonyl (C=O) groups excluding carboxylic acids is 1. The van der Waals surface area contributed by atoms with Gasteiger partial charge in [-0.25, -0.2) is 9.59 Å². The zero-order valence-corrected chi connectivity index (χ0v) is 14.6. The Morgan fingerprint density at radius 3 is 2.73 bits per heavy atom. The van der Waals surface area contributed by atoms with Crippen LogP contribution in [0.3, 0.4) is 0 Å². The zero-order chi connectivity index (χ0) is 18.7. The lowest BCUT2D eigenvalue weighted by Crippen LogP contribution is -2.36. The van der Waals surface area contributed by atoms with Crippen LogP contribution in [0.5, 0.6) is 5.75 Å². The third-order valence-electron chi connectivity index (χ3n) is 4.29. The molecule has 3 rings (SSSR count). The first kappa shape index (κ1) is 17.5. The number of aromatic hydroxyl groups is 1. The van der Waals surface area contributed by atoms with Crippen molar-refractivity contribution in [3.05, 3.63) is 70.6 Å². The Hall–Kier alpha value is -3.28. The molecular formula is C20H20N2O4. The van der Waals surface area contributed by atoms with Crippen LogP contribution in [0, 0.1) is 0 Å². The van der Waals surface area contributed by atoms with Crippen molar-refractivity contribution < 1.29 is 14.3 Å². The number of phenolic OH excluding ortho intramolecular Hbond substituents is 1. The second kappa shape index (κ2) is 7.31. The summed E-state index contributed by atoms with van der Waals surface area (Å²) < 4.78 is 5.10. The van der Waals surface area contributed by atoms with Crippen LogP contribution in [0.4, 0.5) is 10.5 Å². The average molecular weight is 352 g/mol. The van der Waals surface area contributed by atoms with Crippen LogP contribution in [-0.2, 0) is 0 Å². The molecule has 1 aromatic heterocycles. The van der Waals surface area contributed by atoms with E-state index in [0.717, 1.165) is 10.9 Å². The van der Waals surface area contributed by atoms with Gasteiger partial charge in [0, 0.05) is 23.7 Å². The van der Waals surface area contributed by atoms with Crippen LogP contribution in [0.2, 0.25) is 0 Å². The number of nitrogens with zero attached hydrogens (tertiary/aromatic N) is 1. The van der Waals surface area contributed by atoms with Crippen molar-refractivity contribution in [1.29, 1.82) is 0 Å². The van der Waals surface area contributed by atoms with Crippen LogP contribution in [-0.4, -0.2) is 22.6 Å². The Bertz CT molecular complexity index is 996. The molecule has 0 aliphatic rings. The van der Waals surface area contributed by atoms with Gasteiger partial charge in [-0.05, 0) is 55.8 Å². The van der Waals surface area contributed by atoms with E-state index in [-0.39, 0.29) is 17.8 Å². The van der Waals surface area contributed by atoms with Crippen LogP contribution in [0.1, 0.15) is 25.5 Å². The number of hydrogen-bond donors (Lipinski definition) is 2. The van der Waals surface area contributed by atoms with Crippen LogP contribution >= 0.6 is 0 Å². The van der Waals surface area contributed by atoms with Crippen molar-refractivity contribution in [1.82, 2.24) is 4.90 Å². The van der Waals surface area contributed by atoms with E-state index in [1.54, 1.807) is 47.4 Å². The maximum Gasteiger partial charge on any atom is 0.336 e. The summed E-state index contributed by atoms with van der Waals surface area (Å²) in [6, 6.07) is 14.5. The van der Waals surface area contributed by atoms with Gasteiger partial charge in [0.2, 0.25) is 0 Å². The summed E-state index contributed by atoms with van der Waals surface area (Å²) in [6.45, 7) is 4.31. The van der Waals surface area contributed by atoms with E-state index in [9.17, 15) is 14.7 Å². The Morgan fingerprint density at radius 2 is 2.00 bits per heavy atom. The fourth-order valence-corrected chi connectivity index (χ4v) is 2.90. The van der Waals surface area contributed by atoms with Crippen molar-refractivity contribution in [3.8, 4) is 5.75 Å². The number of fused-ring (bicyclic) bond motifs is 1. The number of nitrogens with one attached hydrogen (secondary N) is 1. The van der Waals surface area contributed by atoms with Gasteiger partial charge in [0.15, 0.2) is 0 Å². The SMILES string of the molecule is CCN(C(=O)Nc1ccc2oc(=O)ccc2c1)[C@H](C)c1cccc(O)c1. The fourth-order valence-electron chi connectivity index (χ4n) is 2.90. The number of anilines is 1. The lowest BCUT2D eigenvalue weighted by atomic mass is 10.1. The number of amides is 2. The first-order valence-electron chi connectivity index (χ1n) is 8.38. The van der Waals surface area contributed by atoms with E-state index in [1.807, 2.05) is 19.9 Å². The second-order valence-electron chi connectivity index (χ2n) is 5.99. The van der Waals surface area contributed by atoms with Gasteiger partial charge in [0.05, 0.1) is 6.04 Å². The summed E-state index contributed by atoms with van der Waals surface area (Å²) in [5.74, 6) is 0.168. The predicted molar refractivity (Wildman–Crippen MR) is 100 cm³/mol. The Labute approximate surface area is 150 Å². The molecule has 1 heterocycles. The van der Waals surface area contributed by atoms with Gasteiger partial charge >= 0.3 is 11.7 Å². The number of benzene rings is 2. The van der Waals surface area contributed by atoms with Crippen molar-refractivity contribution in [2.75, 3.05) is 11.9 Å². The van der Waals surface area contributed by atoms with E-state index in [1.165, 1.54) is 6.07 Å². The summed E-state index contributed by atoms with van der Waals surface area (Å²) >= 11 is 0. The van der Waals surface area contributed by atoms with Crippen molar-refractivity contribution in [2.24, 2.45) is 0 Å². The molecule has 6 nitrogen and oxygen atoms in total. The minimum Gasteiger partial charge on any atom is -0.508 e. The van der Waals surface area contributed by atoms with Gasteiger partial charge in [-0.1, -0.05) is 12.1 Å². The standard InChI is InChI=1S/C20H20N2O4/c1-3-22(13(2)14-5-4-6-17(23)12-14)20(25)21-16-8-9-18-15(11-16)7-10-19(24)26-18/h4-13,23H,3H2,1-2H3,(H,21,25)/t13-/m1/s1. The molecule has 0 spiro atoms. The van der Waals surface area contributed by atoms with Gasteiger partial charge in [-0.2, -0.15) is 0 Å². The summed E-state index contributed by atoms with van der Waals surface area (Å²) in [7, 11) is 0. The first-order valence-corrected chi connectivity index (χ1v) is 8.38. The molecule has 0 unspecified atom stereocenters. The summed E-state index contributed by atoms with van der Waals surface area (Å²) in [6.07, 6.45) is 0. The fraction of sp³-hybridized carbons (Fsp3) is 0.200. The second-order valence-corrected chi connectivity index (χ2v) is 5.99. The molecule has 3 aromatic rings. The van der Waals surface area contributed by atoms with Crippen LogP contribution in [0.15, 0.2) is 63.8 Å². The number of urea groups is 1. The quantitative estimate of drug-likeness (QED) is 0.692. The highest BCUT2D eigenvalue weighted by molar-refractivity contribution is 5.92. The number of phenols is 1. The molecule has 0 bridgehead atoms. The van der Waals surface area contributed by atoms with Gasteiger partial charge < -0.3 is 19.7 Å². The molecule has 0 radical (unpaired) electrons. The predicted octanol–water partition coefficient (Wildman–Crippen LogP) is 4.11. The Kier molecular flexibility index (Phi) is 4.93. The van der Waals surface area contributed by atoms with E-state index in [2.05, 4.69) is 5.32 Å². The molecule has 134 valence electrons. The van der Waals surface area contributed by atoms with Gasteiger partial charge in [0.25, 0.3) is 0 Å². The number of carbonyl (C=O) groups is 1. The van der Waals surface area contributed by atoms with Gasteiger partial charge in [-0.15, -0.1) is 0 Å². The van der Waals surface area contributed by atoms with E-state index < -0.39 is 5.63 Å². The third kappa shape index (κ3) is 3.69. The molecule has 0 aliphatic heterocycles. The van der Waals surface area contributed by atoms with E-state index >= 15 is 0 Å². The van der Waals surface area contributed by atoms with E-state index in [0.29, 0.717) is 17.8 Å². The summed E-state index contributed by atoms with van der Waals surface area (Å²) in [4.78, 5) is 25.6. The smallest absolute Gasteiger partial charge is 0.336 e. The highest BCUT2D eigenvalue weighted by Gasteiger charge is 2.20. The highest BCUT2D eigenvalue weighted by Crippen LogP contribution is 2.25. The summed E-state index contributed by atoms with van der Waals surface area (Å²) in [5.41, 5.74) is 1.52. The molecule has 0 aliphatic carbocycles. The molecule has 2 N–H and O–H groups in total. The Morgan fingerprint density at radius 1 is 1.19 bits per heavy atom. The molecule has 1 atom stereocenters. The molecule has 2 aromatic carbocycles. The summed E-state index contributed by atoms with van der Waals surface area (Å²) in [5, 5.41) is 13.3. The molecular weight excluding hydrogens is 332 g/mol.